The second-order valence-electron chi connectivity index (χ2n) is 2.84. The summed E-state index contributed by atoms with van der Waals surface area (Å²) in [5.74, 6) is 0.754. The average Bonchev–Trinajstić information content (AvgIpc) is 2.08. The Morgan fingerprint density at radius 3 is 2.83 bits per heavy atom. The summed E-state index contributed by atoms with van der Waals surface area (Å²) < 4.78 is 1.39. The zero-order valence-corrected chi connectivity index (χ0v) is 10.0. The summed E-state index contributed by atoms with van der Waals surface area (Å²) in [7, 11) is 0. The number of aryl methyl sites for hydroxylation is 2. The Morgan fingerprint density at radius 1 is 1.42 bits per heavy atom. The molecule has 2 heteroatoms. The van der Waals surface area contributed by atoms with Gasteiger partial charge >= 0.3 is 0 Å². The Bertz CT molecular complexity index is 258. The van der Waals surface area contributed by atoms with Gasteiger partial charge in [0.05, 0.1) is 0 Å². The van der Waals surface area contributed by atoms with Gasteiger partial charge in [0, 0.05) is 9.45 Å². The van der Waals surface area contributed by atoms with Crippen LogP contribution >= 0.6 is 34.2 Å². The standard InChI is InChI=1S/C10H12ClI/c1-8-4-2-5-9(10(8)12)6-3-7-11/h2,4-5H,3,6-7H2,1H3. The van der Waals surface area contributed by atoms with Crippen LogP contribution in [0.3, 0.4) is 0 Å². The van der Waals surface area contributed by atoms with E-state index in [1.54, 1.807) is 0 Å². The van der Waals surface area contributed by atoms with Gasteiger partial charge in [0.2, 0.25) is 0 Å². The molecule has 0 fully saturated rings. The smallest absolute Gasteiger partial charge is 0.0226 e. The first-order chi connectivity index (χ1) is 5.75. The average molecular weight is 295 g/mol. The number of hydrogen-bond acceptors (Lipinski definition) is 0. The van der Waals surface area contributed by atoms with Crippen molar-refractivity contribution in [1.29, 1.82) is 0 Å². The van der Waals surface area contributed by atoms with Crippen LogP contribution in [0.2, 0.25) is 0 Å². The maximum Gasteiger partial charge on any atom is 0.0226 e. The molecule has 0 atom stereocenters. The van der Waals surface area contributed by atoms with Crippen LogP contribution in [0, 0.1) is 10.5 Å². The van der Waals surface area contributed by atoms with Crippen LogP contribution in [0.1, 0.15) is 17.5 Å². The van der Waals surface area contributed by atoms with Crippen LogP contribution in [-0.4, -0.2) is 5.88 Å². The van der Waals surface area contributed by atoms with Gasteiger partial charge in [0.25, 0.3) is 0 Å². The van der Waals surface area contributed by atoms with Gasteiger partial charge in [-0.25, -0.2) is 0 Å². The van der Waals surface area contributed by atoms with Crippen LogP contribution in [0.15, 0.2) is 18.2 Å². The second kappa shape index (κ2) is 5.07. The highest BCUT2D eigenvalue weighted by Crippen LogP contribution is 2.17. The summed E-state index contributed by atoms with van der Waals surface area (Å²) in [6, 6.07) is 6.44. The monoisotopic (exact) mass is 294 g/mol. The van der Waals surface area contributed by atoms with Gasteiger partial charge in [-0.1, -0.05) is 18.2 Å². The SMILES string of the molecule is Cc1cccc(CCCCl)c1I. The highest BCUT2D eigenvalue weighted by molar-refractivity contribution is 14.1. The van der Waals surface area contributed by atoms with E-state index in [2.05, 4.69) is 47.7 Å². The van der Waals surface area contributed by atoms with Crippen LogP contribution in [0.4, 0.5) is 0 Å². The zero-order valence-electron chi connectivity index (χ0n) is 7.11. The normalized spacial score (nSPS) is 10.2. The van der Waals surface area contributed by atoms with Crippen molar-refractivity contribution in [3.05, 3.63) is 32.9 Å². The van der Waals surface area contributed by atoms with Crippen LogP contribution in [0.5, 0.6) is 0 Å². The molecule has 0 N–H and O–H groups in total. The molecule has 1 aromatic carbocycles. The van der Waals surface area contributed by atoms with Gasteiger partial charge in [0.1, 0.15) is 0 Å². The third-order valence-electron chi connectivity index (χ3n) is 1.85. The van der Waals surface area contributed by atoms with Gasteiger partial charge in [0.15, 0.2) is 0 Å². The Labute approximate surface area is 92.5 Å². The molecule has 0 heterocycles. The summed E-state index contributed by atoms with van der Waals surface area (Å²) >= 11 is 8.04. The van der Waals surface area contributed by atoms with E-state index in [4.69, 9.17) is 11.6 Å². The van der Waals surface area contributed by atoms with E-state index in [1.165, 1.54) is 14.7 Å². The fourth-order valence-electron chi connectivity index (χ4n) is 1.16. The molecule has 0 radical (unpaired) electrons. The lowest BCUT2D eigenvalue weighted by Gasteiger charge is -2.05. The van der Waals surface area contributed by atoms with Crippen molar-refractivity contribution in [1.82, 2.24) is 0 Å². The maximum absolute atomic E-state index is 5.64. The summed E-state index contributed by atoms with van der Waals surface area (Å²) in [4.78, 5) is 0. The molecular weight excluding hydrogens is 282 g/mol. The van der Waals surface area contributed by atoms with E-state index in [0.717, 1.165) is 18.7 Å². The van der Waals surface area contributed by atoms with Gasteiger partial charge in [-0.3, -0.25) is 0 Å². The van der Waals surface area contributed by atoms with Crippen LogP contribution < -0.4 is 0 Å². The number of benzene rings is 1. The minimum Gasteiger partial charge on any atom is -0.127 e. The molecule has 1 rings (SSSR count). The quantitative estimate of drug-likeness (QED) is 0.588. The molecule has 0 aliphatic carbocycles. The molecule has 0 bridgehead atoms. The molecule has 0 saturated carbocycles. The molecular formula is C10H12ClI. The zero-order chi connectivity index (χ0) is 8.97. The number of halogens is 2. The van der Waals surface area contributed by atoms with E-state index in [9.17, 15) is 0 Å². The summed E-state index contributed by atoms with van der Waals surface area (Å²) in [5, 5.41) is 0. The van der Waals surface area contributed by atoms with Crippen molar-refractivity contribution in [2.75, 3.05) is 5.88 Å². The third kappa shape index (κ3) is 2.63. The van der Waals surface area contributed by atoms with Gasteiger partial charge < -0.3 is 0 Å². The lowest BCUT2D eigenvalue weighted by molar-refractivity contribution is 0.921. The molecule has 12 heavy (non-hydrogen) atoms. The topological polar surface area (TPSA) is 0 Å². The van der Waals surface area contributed by atoms with Gasteiger partial charge in [-0.15, -0.1) is 11.6 Å². The molecule has 0 saturated heterocycles. The first-order valence-corrected chi connectivity index (χ1v) is 5.67. The molecule has 1 aromatic rings. The summed E-state index contributed by atoms with van der Waals surface area (Å²) in [5.41, 5.74) is 2.79. The first-order valence-electron chi connectivity index (χ1n) is 4.05. The van der Waals surface area contributed by atoms with E-state index < -0.39 is 0 Å². The van der Waals surface area contributed by atoms with Gasteiger partial charge in [-0.05, 0) is 53.5 Å². The molecule has 0 unspecified atom stereocenters. The molecule has 0 aliphatic heterocycles. The predicted molar refractivity (Wildman–Crippen MR) is 62.9 cm³/mol. The maximum atomic E-state index is 5.64. The van der Waals surface area contributed by atoms with E-state index in [-0.39, 0.29) is 0 Å². The van der Waals surface area contributed by atoms with E-state index in [0.29, 0.717) is 0 Å². The Kier molecular flexibility index (Phi) is 4.36. The van der Waals surface area contributed by atoms with Crippen LogP contribution in [0.25, 0.3) is 0 Å². The minimum absolute atomic E-state index is 0.754. The molecule has 0 amide bonds. The molecule has 66 valence electrons. The van der Waals surface area contributed by atoms with Crippen molar-refractivity contribution < 1.29 is 0 Å². The predicted octanol–water partition coefficient (Wildman–Crippen LogP) is 3.77. The number of rotatable bonds is 3. The van der Waals surface area contributed by atoms with Crippen molar-refractivity contribution >= 4 is 34.2 Å². The van der Waals surface area contributed by atoms with Gasteiger partial charge in [-0.2, -0.15) is 0 Å². The molecule has 0 aromatic heterocycles. The summed E-state index contributed by atoms with van der Waals surface area (Å²) in [6.45, 7) is 2.14. The third-order valence-corrected chi connectivity index (χ3v) is 3.66. The van der Waals surface area contributed by atoms with Crippen molar-refractivity contribution in [2.24, 2.45) is 0 Å². The Hall–Kier alpha value is 0.240. The Balaban J connectivity index is 2.78. The first kappa shape index (κ1) is 10.3. The van der Waals surface area contributed by atoms with E-state index >= 15 is 0 Å². The molecule has 0 spiro atoms. The highest BCUT2D eigenvalue weighted by atomic mass is 127. The number of alkyl halides is 1. The fourth-order valence-corrected chi connectivity index (χ4v) is 1.92. The highest BCUT2D eigenvalue weighted by Gasteiger charge is 2.00. The fraction of sp³-hybridized carbons (Fsp3) is 0.400. The largest absolute Gasteiger partial charge is 0.127 e. The van der Waals surface area contributed by atoms with Crippen molar-refractivity contribution in [3.8, 4) is 0 Å². The molecule has 0 aliphatic rings. The lowest BCUT2D eigenvalue weighted by atomic mass is 10.1. The van der Waals surface area contributed by atoms with Crippen molar-refractivity contribution in [2.45, 2.75) is 19.8 Å². The van der Waals surface area contributed by atoms with E-state index in [1.807, 2.05) is 0 Å². The second-order valence-corrected chi connectivity index (χ2v) is 4.30. The lowest BCUT2D eigenvalue weighted by Crippen LogP contribution is -1.92. The van der Waals surface area contributed by atoms with Crippen LogP contribution in [-0.2, 0) is 6.42 Å². The minimum atomic E-state index is 0.754. The Morgan fingerprint density at radius 2 is 2.17 bits per heavy atom. The number of hydrogen-bond donors (Lipinski definition) is 0. The summed E-state index contributed by atoms with van der Waals surface area (Å²) in [6.07, 6.45) is 2.17. The van der Waals surface area contributed by atoms with Crippen molar-refractivity contribution in [3.63, 3.8) is 0 Å². The molecule has 0 nitrogen and oxygen atoms in total.